The molecule has 0 aromatic carbocycles. The van der Waals surface area contributed by atoms with Gasteiger partial charge >= 0.3 is 0 Å². The zero-order chi connectivity index (χ0) is 11.7. The van der Waals surface area contributed by atoms with Crippen LogP contribution in [-0.2, 0) is 6.54 Å². The van der Waals surface area contributed by atoms with Crippen molar-refractivity contribution in [1.29, 1.82) is 0 Å². The minimum Gasteiger partial charge on any atom is -0.394 e. The largest absolute Gasteiger partial charge is 0.394 e. The molecule has 16 heavy (non-hydrogen) atoms. The minimum atomic E-state index is 0.126. The molecule has 4 nitrogen and oxygen atoms in total. The van der Waals surface area contributed by atoms with Gasteiger partial charge in [0.25, 0.3) is 0 Å². The van der Waals surface area contributed by atoms with Crippen LogP contribution in [0.3, 0.4) is 0 Å². The van der Waals surface area contributed by atoms with E-state index in [1.165, 1.54) is 5.56 Å². The Labute approximate surface area is 95.8 Å². The van der Waals surface area contributed by atoms with Crippen LogP contribution in [-0.4, -0.2) is 27.5 Å². The highest BCUT2D eigenvalue weighted by Crippen LogP contribution is 2.32. The number of rotatable bonds is 3. The maximum absolute atomic E-state index is 8.96. The molecule has 0 unspecified atom stereocenters. The number of nitrogens with two attached hydrogens (primary N) is 1. The summed E-state index contributed by atoms with van der Waals surface area (Å²) >= 11 is 0. The van der Waals surface area contributed by atoms with Crippen molar-refractivity contribution < 1.29 is 5.11 Å². The van der Waals surface area contributed by atoms with Gasteiger partial charge in [0.15, 0.2) is 0 Å². The van der Waals surface area contributed by atoms with Crippen molar-refractivity contribution in [2.45, 2.75) is 38.8 Å². The standard InChI is InChI=1S/C12H19N3O/c1-8-12(10-3-4-11(13)7-10)9(2)15(14-8)5-6-16/h3-4,10-11,16H,5-7,13H2,1-2H3/t10-,11+/m0/s1. The highest BCUT2D eigenvalue weighted by Gasteiger charge is 2.23. The monoisotopic (exact) mass is 221 g/mol. The molecule has 1 aromatic heterocycles. The van der Waals surface area contributed by atoms with Gasteiger partial charge in [0.1, 0.15) is 0 Å². The summed E-state index contributed by atoms with van der Waals surface area (Å²) in [7, 11) is 0. The molecule has 88 valence electrons. The number of aromatic nitrogens is 2. The third-order valence-electron chi connectivity index (χ3n) is 3.24. The average Bonchev–Trinajstić information content (AvgIpc) is 2.74. The molecule has 0 spiro atoms. The Morgan fingerprint density at radius 1 is 1.50 bits per heavy atom. The molecule has 2 atom stereocenters. The third-order valence-corrected chi connectivity index (χ3v) is 3.24. The molecule has 1 aliphatic carbocycles. The molecule has 0 amide bonds. The van der Waals surface area contributed by atoms with Crippen LogP contribution in [0.2, 0.25) is 0 Å². The van der Waals surface area contributed by atoms with Crippen molar-refractivity contribution >= 4 is 0 Å². The molecule has 1 heterocycles. The van der Waals surface area contributed by atoms with E-state index < -0.39 is 0 Å². The highest BCUT2D eigenvalue weighted by molar-refractivity contribution is 5.34. The second kappa shape index (κ2) is 4.39. The van der Waals surface area contributed by atoms with Crippen LogP contribution in [0.25, 0.3) is 0 Å². The number of hydrogen-bond donors (Lipinski definition) is 2. The van der Waals surface area contributed by atoms with Gasteiger partial charge in [-0.3, -0.25) is 4.68 Å². The van der Waals surface area contributed by atoms with Crippen LogP contribution in [0.4, 0.5) is 0 Å². The van der Waals surface area contributed by atoms with Gasteiger partial charge in [-0.2, -0.15) is 5.10 Å². The lowest BCUT2D eigenvalue weighted by atomic mass is 9.96. The molecule has 0 aliphatic heterocycles. The average molecular weight is 221 g/mol. The highest BCUT2D eigenvalue weighted by atomic mass is 16.3. The quantitative estimate of drug-likeness (QED) is 0.744. The second-order valence-corrected chi connectivity index (χ2v) is 4.42. The molecular formula is C12H19N3O. The lowest BCUT2D eigenvalue weighted by Crippen LogP contribution is -2.14. The van der Waals surface area contributed by atoms with Crippen molar-refractivity contribution in [3.05, 3.63) is 29.1 Å². The summed E-state index contributed by atoms with van der Waals surface area (Å²) in [6.45, 7) is 4.77. The van der Waals surface area contributed by atoms with Crippen molar-refractivity contribution in [3.8, 4) is 0 Å². The number of nitrogens with zero attached hydrogens (tertiary/aromatic N) is 2. The molecule has 4 heteroatoms. The Morgan fingerprint density at radius 3 is 2.81 bits per heavy atom. The number of hydrogen-bond acceptors (Lipinski definition) is 3. The predicted octanol–water partition coefficient (Wildman–Crippen LogP) is 0.863. The van der Waals surface area contributed by atoms with E-state index in [1.54, 1.807) is 0 Å². The fraction of sp³-hybridized carbons (Fsp3) is 0.583. The summed E-state index contributed by atoms with van der Waals surface area (Å²) in [5.41, 5.74) is 9.35. The van der Waals surface area contributed by atoms with Gasteiger partial charge in [0.05, 0.1) is 18.8 Å². The van der Waals surface area contributed by atoms with Gasteiger partial charge in [-0.1, -0.05) is 12.2 Å². The molecule has 3 N–H and O–H groups in total. The van der Waals surface area contributed by atoms with Gasteiger partial charge in [0, 0.05) is 23.2 Å². The zero-order valence-electron chi connectivity index (χ0n) is 9.85. The second-order valence-electron chi connectivity index (χ2n) is 4.42. The van der Waals surface area contributed by atoms with Crippen LogP contribution < -0.4 is 5.73 Å². The molecule has 1 aliphatic rings. The summed E-state index contributed by atoms with van der Waals surface area (Å²) in [6.07, 6.45) is 5.20. The molecule has 2 rings (SSSR count). The van der Waals surface area contributed by atoms with Crippen LogP contribution in [0, 0.1) is 13.8 Å². The number of aliphatic hydroxyl groups excluding tert-OH is 1. The fourth-order valence-electron chi connectivity index (χ4n) is 2.50. The lowest BCUT2D eigenvalue weighted by molar-refractivity contribution is 0.267. The first-order valence-corrected chi connectivity index (χ1v) is 5.72. The Bertz CT molecular complexity index is 409. The topological polar surface area (TPSA) is 64.1 Å². The fourth-order valence-corrected chi connectivity index (χ4v) is 2.50. The van der Waals surface area contributed by atoms with E-state index in [1.807, 2.05) is 11.6 Å². The van der Waals surface area contributed by atoms with Gasteiger partial charge < -0.3 is 10.8 Å². The molecular weight excluding hydrogens is 202 g/mol. The van der Waals surface area contributed by atoms with Gasteiger partial charge in [-0.25, -0.2) is 0 Å². The van der Waals surface area contributed by atoms with Crippen LogP contribution in [0.15, 0.2) is 12.2 Å². The van der Waals surface area contributed by atoms with Crippen LogP contribution >= 0.6 is 0 Å². The van der Waals surface area contributed by atoms with Crippen molar-refractivity contribution in [2.75, 3.05) is 6.61 Å². The minimum absolute atomic E-state index is 0.126. The molecule has 0 radical (unpaired) electrons. The molecule has 0 fully saturated rings. The first kappa shape index (κ1) is 11.4. The third kappa shape index (κ3) is 1.90. The Morgan fingerprint density at radius 2 is 2.25 bits per heavy atom. The van der Waals surface area contributed by atoms with E-state index in [-0.39, 0.29) is 12.6 Å². The van der Waals surface area contributed by atoms with Crippen molar-refractivity contribution in [3.63, 3.8) is 0 Å². The van der Waals surface area contributed by atoms with E-state index in [0.717, 1.165) is 17.8 Å². The lowest BCUT2D eigenvalue weighted by Gasteiger charge is -2.10. The van der Waals surface area contributed by atoms with E-state index in [2.05, 4.69) is 24.2 Å². The smallest absolute Gasteiger partial charge is 0.0644 e. The Balaban J connectivity index is 2.30. The predicted molar refractivity (Wildman–Crippen MR) is 63.3 cm³/mol. The van der Waals surface area contributed by atoms with Gasteiger partial charge in [-0.15, -0.1) is 0 Å². The van der Waals surface area contributed by atoms with E-state index in [9.17, 15) is 0 Å². The summed E-state index contributed by atoms with van der Waals surface area (Å²) < 4.78 is 1.88. The number of aliphatic hydroxyl groups is 1. The van der Waals surface area contributed by atoms with E-state index >= 15 is 0 Å². The Kier molecular flexibility index (Phi) is 3.12. The first-order valence-electron chi connectivity index (χ1n) is 5.72. The maximum atomic E-state index is 8.96. The maximum Gasteiger partial charge on any atom is 0.0644 e. The zero-order valence-corrected chi connectivity index (χ0v) is 9.85. The van der Waals surface area contributed by atoms with Crippen LogP contribution in [0.1, 0.15) is 29.3 Å². The summed E-state index contributed by atoms with van der Waals surface area (Å²) in [4.78, 5) is 0. The van der Waals surface area contributed by atoms with Gasteiger partial charge in [-0.05, 0) is 20.3 Å². The summed E-state index contributed by atoms with van der Waals surface area (Å²) in [6, 6.07) is 0.171. The van der Waals surface area contributed by atoms with E-state index in [0.29, 0.717) is 12.5 Å². The van der Waals surface area contributed by atoms with Crippen LogP contribution in [0.5, 0.6) is 0 Å². The molecule has 0 saturated carbocycles. The molecule has 0 saturated heterocycles. The molecule has 1 aromatic rings. The SMILES string of the molecule is Cc1nn(CCO)c(C)c1[C@H]1C=C[C@@H](N)C1. The van der Waals surface area contributed by atoms with Crippen molar-refractivity contribution in [1.82, 2.24) is 9.78 Å². The summed E-state index contributed by atoms with van der Waals surface area (Å²) in [5.74, 6) is 0.391. The molecule has 0 bridgehead atoms. The summed E-state index contributed by atoms with van der Waals surface area (Å²) in [5, 5.41) is 13.4. The first-order chi connectivity index (χ1) is 7.63. The number of aryl methyl sites for hydroxylation is 1. The number of allylic oxidation sites excluding steroid dienone is 1. The normalized spacial score (nSPS) is 24.2. The Hall–Kier alpha value is -1.13. The van der Waals surface area contributed by atoms with Gasteiger partial charge in [0.2, 0.25) is 0 Å². The van der Waals surface area contributed by atoms with E-state index in [4.69, 9.17) is 10.8 Å². The van der Waals surface area contributed by atoms with Crippen molar-refractivity contribution in [2.24, 2.45) is 5.73 Å².